The topological polar surface area (TPSA) is 59.4 Å². The van der Waals surface area contributed by atoms with E-state index < -0.39 is 17.2 Å². The molecule has 4 rings (SSSR count). The molecule has 1 aliphatic carbocycles. The maximum Gasteiger partial charge on any atom is 0.316 e. The van der Waals surface area contributed by atoms with Crippen LogP contribution in [0.15, 0.2) is 64.4 Å². The van der Waals surface area contributed by atoms with Crippen molar-refractivity contribution < 1.29 is 13.5 Å². The molecule has 0 saturated heterocycles. The fourth-order valence-electron chi connectivity index (χ4n) is 3.87. The van der Waals surface area contributed by atoms with Gasteiger partial charge in [0.2, 0.25) is 11.7 Å². The number of hydrogen-bond donors (Lipinski definition) is 1. The molecule has 0 atom stereocenters. The van der Waals surface area contributed by atoms with Crippen molar-refractivity contribution in [2.45, 2.75) is 25.8 Å². The van der Waals surface area contributed by atoms with Crippen LogP contribution in [0.5, 0.6) is 5.75 Å². The number of ether oxygens (including phenoxy) is 1. The number of nitrogens with one attached hydrogen (secondary N) is 1. The average molecular weight is 426 g/mol. The van der Waals surface area contributed by atoms with E-state index in [0.717, 1.165) is 43.1 Å². The molecule has 2 aromatic rings. The lowest BCUT2D eigenvalue weighted by molar-refractivity contribution is 0.402. The van der Waals surface area contributed by atoms with Gasteiger partial charge in [0.15, 0.2) is 0 Å². The van der Waals surface area contributed by atoms with Crippen LogP contribution in [0.1, 0.15) is 24.8 Å². The number of aromatic nitrogens is 2. The third-order valence-electron chi connectivity index (χ3n) is 5.33. The third-order valence-corrected chi connectivity index (χ3v) is 5.33. The highest BCUT2D eigenvalue weighted by molar-refractivity contribution is 5.52. The summed E-state index contributed by atoms with van der Waals surface area (Å²) in [6.45, 7) is 0.924. The first-order valence-electron chi connectivity index (χ1n) is 10.1. The first-order chi connectivity index (χ1) is 14.9. The number of allylic oxidation sites excluding steroid dienone is 3. The maximum atomic E-state index is 13.7. The molecule has 0 saturated carbocycles. The van der Waals surface area contributed by atoms with Gasteiger partial charge in [-0.2, -0.15) is 4.98 Å². The van der Waals surface area contributed by atoms with Crippen molar-refractivity contribution in [1.82, 2.24) is 14.5 Å². The summed E-state index contributed by atoms with van der Waals surface area (Å²) in [6, 6.07) is 3.34. The van der Waals surface area contributed by atoms with E-state index in [0.29, 0.717) is 11.5 Å². The Morgan fingerprint density at radius 3 is 2.74 bits per heavy atom. The molecule has 1 aromatic heterocycles. The molecule has 2 aliphatic rings. The Kier molecular flexibility index (Phi) is 5.88. The van der Waals surface area contributed by atoms with Gasteiger partial charge in [-0.3, -0.25) is 4.79 Å². The Balaban J connectivity index is 1.75. The summed E-state index contributed by atoms with van der Waals surface area (Å²) in [5.74, 6) is -0.969. The molecule has 0 spiro atoms. The minimum Gasteiger partial charge on any atom is -0.490 e. The molecule has 6 nitrogen and oxygen atoms in total. The number of benzene rings is 1. The Bertz CT molecular complexity index is 1130. The molecular weight excluding hydrogens is 402 g/mol. The van der Waals surface area contributed by atoms with Gasteiger partial charge < -0.3 is 19.5 Å². The number of anilines is 1. The predicted molar refractivity (Wildman–Crippen MR) is 115 cm³/mol. The van der Waals surface area contributed by atoms with E-state index >= 15 is 0 Å². The third kappa shape index (κ3) is 4.68. The molecule has 0 unspecified atom stereocenters. The molecular formula is C23H24F2N4O2. The number of fused-ring (bicyclic) bond motifs is 1. The molecule has 0 amide bonds. The molecule has 1 aliphatic heterocycles. The van der Waals surface area contributed by atoms with Crippen LogP contribution < -0.4 is 15.6 Å². The summed E-state index contributed by atoms with van der Waals surface area (Å²) < 4.78 is 34.1. The summed E-state index contributed by atoms with van der Waals surface area (Å²) in [7, 11) is 3.40. The van der Waals surface area contributed by atoms with Gasteiger partial charge in [-0.15, -0.1) is 0 Å². The van der Waals surface area contributed by atoms with Gasteiger partial charge in [0.1, 0.15) is 11.6 Å². The summed E-state index contributed by atoms with van der Waals surface area (Å²) in [4.78, 5) is 18.6. The number of nitrogens with zero attached hydrogens (tertiary/aromatic N) is 3. The van der Waals surface area contributed by atoms with Crippen LogP contribution in [0.3, 0.4) is 0 Å². The van der Waals surface area contributed by atoms with Gasteiger partial charge in [-0.05, 0) is 60.4 Å². The SMILES string of the molecule is COc1cn(Cc2cc(F)cc(F)c2)c(NC2=C3C=CN(C)CC3=CCCC2)nc1=O. The first kappa shape index (κ1) is 20.8. The van der Waals surface area contributed by atoms with E-state index in [1.807, 2.05) is 13.2 Å². The lowest BCUT2D eigenvalue weighted by Crippen LogP contribution is -2.23. The molecule has 0 bridgehead atoms. The van der Waals surface area contributed by atoms with Crippen LogP contribution in [0.2, 0.25) is 0 Å². The van der Waals surface area contributed by atoms with Gasteiger partial charge in [-0.25, -0.2) is 8.78 Å². The lowest BCUT2D eigenvalue weighted by Gasteiger charge is -2.25. The van der Waals surface area contributed by atoms with Gasteiger partial charge in [0.05, 0.1) is 19.9 Å². The number of likely N-dealkylation sites (N-methyl/N-ethyl adjacent to an activating group) is 1. The average Bonchev–Trinajstić information content (AvgIpc) is 2.91. The second-order valence-electron chi connectivity index (χ2n) is 7.71. The maximum absolute atomic E-state index is 13.7. The van der Waals surface area contributed by atoms with E-state index in [1.165, 1.54) is 31.0 Å². The van der Waals surface area contributed by atoms with Crippen molar-refractivity contribution in [3.8, 4) is 5.75 Å². The number of halogens is 2. The van der Waals surface area contributed by atoms with Gasteiger partial charge >= 0.3 is 5.56 Å². The number of methoxy groups -OCH3 is 1. The summed E-state index contributed by atoms with van der Waals surface area (Å²) in [5, 5.41) is 3.32. The fraction of sp³-hybridized carbons (Fsp3) is 0.304. The van der Waals surface area contributed by atoms with Crippen molar-refractivity contribution >= 4 is 5.95 Å². The zero-order valence-corrected chi connectivity index (χ0v) is 17.5. The highest BCUT2D eigenvalue weighted by Gasteiger charge is 2.19. The normalized spacial score (nSPS) is 16.0. The Morgan fingerprint density at radius 1 is 1.23 bits per heavy atom. The highest BCUT2D eigenvalue weighted by Crippen LogP contribution is 2.29. The fourth-order valence-corrected chi connectivity index (χ4v) is 3.87. The van der Waals surface area contributed by atoms with Crippen LogP contribution in [-0.4, -0.2) is 35.2 Å². The molecule has 0 fully saturated rings. The van der Waals surface area contributed by atoms with E-state index in [1.54, 1.807) is 4.57 Å². The highest BCUT2D eigenvalue weighted by atomic mass is 19.1. The lowest BCUT2D eigenvalue weighted by atomic mass is 10.0. The van der Waals surface area contributed by atoms with E-state index in [9.17, 15) is 13.6 Å². The van der Waals surface area contributed by atoms with Crippen LogP contribution >= 0.6 is 0 Å². The largest absolute Gasteiger partial charge is 0.490 e. The molecule has 162 valence electrons. The van der Waals surface area contributed by atoms with Crippen molar-refractivity contribution in [1.29, 1.82) is 0 Å². The Morgan fingerprint density at radius 2 is 2.00 bits per heavy atom. The first-order valence-corrected chi connectivity index (χ1v) is 10.1. The minimum atomic E-state index is -0.662. The second-order valence-corrected chi connectivity index (χ2v) is 7.71. The summed E-state index contributed by atoms with van der Waals surface area (Å²) in [6.07, 6.45) is 10.5. The van der Waals surface area contributed by atoms with Gasteiger partial charge in [0.25, 0.3) is 0 Å². The van der Waals surface area contributed by atoms with Crippen LogP contribution in [0.25, 0.3) is 0 Å². The molecule has 1 aromatic carbocycles. The molecule has 0 radical (unpaired) electrons. The predicted octanol–water partition coefficient (Wildman–Crippen LogP) is 3.81. The van der Waals surface area contributed by atoms with Crippen molar-refractivity contribution in [3.05, 3.63) is 87.1 Å². The molecule has 1 N–H and O–H groups in total. The van der Waals surface area contributed by atoms with Crippen molar-refractivity contribution in [2.75, 3.05) is 26.0 Å². The Hall–Kier alpha value is -3.42. The monoisotopic (exact) mass is 426 g/mol. The van der Waals surface area contributed by atoms with E-state index in [-0.39, 0.29) is 12.3 Å². The second kappa shape index (κ2) is 8.75. The molecule has 8 heteroatoms. The standard InChI is InChI=1S/C23H24F2N4O2/c1-28-8-7-19-16(13-28)5-3-4-6-20(19)26-23-27-22(30)21(31-2)14-29(23)12-15-9-17(24)11-18(25)10-15/h5,7-11,14H,3-4,6,12-13H2,1-2H3,(H,26,27,30). The van der Waals surface area contributed by atoms with E-state index in [2.05, 4.69) is 27.4 Å². The zero-order valence-electron chi connectivity index (χ0n) is 17.5. The number of hydrogen-bond acceptors (Lipinski definition) is 5. The Labute approximate surface area is 179 Å². The zero-order chi connectivity index (χ0) is 22.0. The quantitative estimate of drug-likeness (QED) is 0.788. The minimum absolute atomic E-state index is 0.0562. The summed E-state index contributed by atoms with van der Waals surface area (Å²) >= 11 is 0. The summed E-state index contributed by atoms with van der Waals surface area (Å²) in [5.41, 5.74) is 3.17. The van der Waals surface area contributed by atoms with Crippen LogP contribution in [0, 0.1) is 11.6 Å². The number of rotatable bonds is 5. The smallest absolute Gasteiger partial charge is 0.316 e. The van der Waals surface area contributed by atoms with Crippen molar-refractivity contribution in [3.63, 3.8) is 0 Å². The van der Waals surface area contributed by atoms with Crippen LogP contribution in [-0.2, 0) is 6.54 Å². The van der Waals surface area contributed by atoms with Crippen molar-refractivity contribution in [2.24, 2.45) is 0 Å². The van der Waals surface area contributed by atoms with Crippen LogP contribution in [0.4, 0.5) is 14.7 Å². The van der Waals surface area contributed by atoms with E-state index in [4.69, 9.17) is 4.74 Å². The molecule has 31 heavy (non-hydrogen) atoms. The van der Waals surface area contributed by atoms with Gasteiger partial charge in [0, 0.05) is 25.4 Å². The molecule has 2 heterocycles. The van der Waals surface area contributed by atoms with Gasteiger partial charge in [-0.1, -0.05) is 6.08 Å².